The number of hydrogen-bond acceptors (Lipinski definition) is 3. The van der Waals surface area contributed by atoms with Crippen molar-refractivity contribution in [3.05, 3.63) is 33.3 Å². The quantitative estimate of drug-likeness (QED) is 0.592. The van der Waals surface area contributed by atoms with Gasteiger partial charge in [0.15, 0.2) is 0 Å². The molecule has 0 saturated heterocycles. The van der Waals surface area contributed by atoms with Crippen molar-refractivity contribution in [2.75, 3.05) is 0 Å². The van der Waals surface area contributed by atoms with Crippen molar-refractivity contribution in [1.82, 2.24) is 0 Å². The van der Waals surface area contributed by atoms with Crippen LogP contribution in [0.15, 0.2) is 23.1 Å². The van der Waals surface area contributed by atoms with Gasteiger partial charge in [-0.1, -0.05) is 36.9 Å². The summed E-state index contributed by atoms with van der Waals surface area (Å²) in [7, 11) is 0. The van der Waals surface area contributed by atoms with E-state index in [9.17, 15) is 10.1 Å². The van der Waals surface area contributed by atoms with Crippen molar-refractivity contribution in [3.8, 4) is 0 Å². The van der Waals surface area contributed by atoms with Gasteiger partial charge in [-0.15, -0.1) is 11.8 Å². The van der Waals surface area contributed by atoms with Crippen molar-refractivity contribution in [2.24, 2.45) is 0 Å². The zero-order valence-electron chi connectivity index (χ0n) is 9.39. The maximum atomic E-state index is 11.0. The van der Waals surface area contributed by atoms with E-state index in [1.807, 2.05) is 0 Å². The minimum Gasteiger partial charge on any atom is -0.258 e. The molecule has 0 bridgehead atoms. The molecule has 1 saturated carbocycles. The van der Waals surface area contributed by atoms with Crippen LogP contribution in [0, 0.1) is 10.1 Å². The van der Waals surface area contributed by atoms with Crippen molar-refractivity contribution in [2.45, 2.75) is 42.2 Å². The first kappa shape index (κ1) is 12.7. The number of nitrogens with zero attached hydrogens (tertiary/aromatic N) is 1. The van der Waals surface area contributed by atoms with E-state index in [1.54, 1.807) is 30.0 Å². The van der Waals surface area contributed by atoms with Gasteiger partial charge in [0.25, 0.3) is 0 Å². The molecule has 0 aliphatic heterocycles. The molecular weight excluding hydrogens is 258 g/mol. The Balaban J connectivity index is 2.19. The summed E-state index contributed by atoms with van der Waals surface area (Å²) in [5.74, 6) is 0. The first-order chi connectivity index (χ1) is 8.18. The van der Waals surface area contributed by atoms with Crippen molar-refractivity contribution in [3.63, 3.8) is 0 Å². The standard InChI is InChI=1S/C12H14ClNO2S/c13-10-7-4-8-11(12(10)14(15)16)17-9-5-2-1-3-6-9/h4,7-9H,1-3,5-6H2. The zero-order valence-corrected chi connectivity index (χ0v) is 11.0. The summed E-state index contributed by atoms with van der Waals surface area (Å²) in [5, 5.41) is 11.7. The molecule has 1 aromatic rings. The average Bonchev–Trinajstić information content (AvgIpc) is 2.30. The molecular formula is C12H14ClNO2S. The summed E-state index contributed by atoms with van der Waals surface area (Å²) in [6, 6.07) is 5.15. The fraction of sp³-hybridized carbons (Fsp3) is 0.500. The molecule has 0 spiro atoms. The fourth-order valence-electron chi connectivity index (χ4n) is 2.13. The SMILES string of the molecule is O=[N+]([O-])c1c(Cl)cccc1SC1CCCCC1. The van der Waals surface area contributed by atoms with Gasteiger partial charge in [-0.05, 0) is 25.0 Å². The van der Waals surface area contributed by atoms with Crippen molar-refractivity contribution in [1.29, 1.82) is 0 Å². The lowest BCUT2D eigenvalue weighted by molar-refractivity contribution is -0.387. The summed E-state index contributed by atoms with van der Waals surface area (Å²) in [4.78, 5) is 11.3. The van der Waals surface area contributed by atoms with Crippen LogP contribution in [-0.4, -0.2) is 10.2 Å². The molecule has 2 rings (SSSR count). The Kier molecular flexibility index (Phi) is 4.29. The highest BCUT2D eigenvalue weighted by molar-refractivity contribution is 8.00. The van der Waals surface area contributed by atoms with E-state index in [4.69, 9.17) is 11.6 Å². The lowest BCUT2D eigenvalue weighted by atomic mass is 10.0. The van der Waals surface area contributed by atoms with Crippen LogP contribution < -0.4 is 0 Å². The summed E-state index contributed by atoms with van der Waals surface area (Å²) in [5.41, 5.74) is 0.0599. The van der Waals surface area contributed by atoms with Gasteiger partial charge in [0.05, 0.1) is 9.82 Å². The van der Waals surface area contributed by atoms with Gasteiger partial charge in [0.1, 0.15) is 5.02 Å². The molecule has 0 unspecified atom stereocenters. The zero-order chi connectivity index (χ0) is 12.3. The summed E-state index contributed by atoms with van der Waals surface area (Å²) in [6.07, 6.45) is 6.04. The first-order valence-corrected chi connectivity index (χ1v) is 7.04. The van der Waals surface area contributed by atoms with Crippen LogP contribution in [-0.2, 0) is 0 Å². The number of rotatable bonds is 3. The molecule has 5 heteroatoms. The van der Waals surface area contributed by atoms with Crippen LogP contribution in [0.2, 0.25) is 5.02 Å². The number of para-hydroxylation sites is 1. The van der Waals surface area contributed by atoms with Gasteiger partial charge in [-0.25, -0.2) is 0 Å². The minimum absolute atomic E-state index is 0.0599. The number of benzene rings is 1. The molecule has 0 atom stereocenters. The molecule has 0 N–H and O–H groups in total. The van der Waals surface area contributed by atoms with Crippen LogP contribution in [0.5, 0.6) is 0 Å². The van der Waals surface area contributed by atoms with Crippen LogP contribution in [0.4, 0.5) is 5.69 Å². The van der Waals surface area contributed by atoms with Gasteiger partial charge in [-0.2, -0.15) is 0 Å². The third-order valence-electron chi connectivity index (χ3n) is 2.98. The van der Waals surface area contributed by atoms with Crippen molar-refractivity contribution >= 4 is 29.1 Å². The Bertz CT molecular complexity index is 419. The van der Waals surface area contributed by atoms with Gasteiger partial charge < -0.3 is 0 Å². The molecule has 17 heavy (non-hydrogen) atoms. The molecule has 0 aromatic heterocycles. The lowest BCUT2D eigenvalue weighted by Crippen LogP contribution is -2.08. The van der Waals surface area contributed by atoms with Crippen LogP contribution >= 0.6 is 23.4 Å². The highest BCUT2D eigenvalue weighted by Gasteiger charge is 2.22. The van der Waals surface area contributed by atoms with Gasteiger partial charge in [0.2, 0.25) is 0 Å². The number of thioether (sulfide) groups is 1. The second-order valence-electron chi connectivity index (χ2n) is 4.22. The monoisotopic (exact) mass is 271 g/mol. The van der Waals surface area contributed by atoms with E-state index in [2.05, 4.69) is 0 Å². The first-order valence-electron chi connectivity index (χ1n) is 5.78. The van der Waals surface area contributed by atoms with E-state index >= 15 is 0 Å². The van der Waals surface area contributed by atoms with Crippen molar-refractivity contribution < 1.29 is 4.92 Å². The van der Waals surface area contributed by atoms with Gasteiger partial charge in [0, 0.05) is 5.25 Å². The largest absolute Gasteiger partial charge is 0.301 e. The van der Waals surface area contributed by atoms with E-state index in [1.165, 1.54) is 19.3 Å². The summed E-state index contributed by atoms with van der Waals surface area (Å²) < 4.78 is 0. The Morgan fingerprint density at radius 3 is 2.65 bits per heavy atom. The lowest BCUT2D eigenvalue weighted by Gasteiger charge is -2.20. The second kappa shape index (κ2) is 5.74. The molecule has 0 radical (unpaired) electrons. The van der Waals surface area contributed by atoms with Crippen LogP contribution in [0.3, 0.4) is 0 Å². The van der Waals surface area contributed by atoms with E-state index in [0.29, 0.717) is 10.1 Å². The number of nitro groups is 1. The molecule has 1 aliphatic rings. The van der Waals surface area contributed by atoms with E-state index in [0.717, 1.165) is 12.8 Å². The minimum atomic E-state index is -0.381. The van der Waals surface area contributed by atoms with E-state index in [-0.39, 0.29) is 15.6 Å². The highest BCUT2D eigenvalue weighted by atomic mass is 35.5. The van der Waals surface area contributed by atoms with Crippen LogP contribution in [0.25, 0.3) is 0 Å². The van der Waals surface area contributed by atoms with E-state index < -0.39 is 0 Å². The second-order valence-corrected chi connectivity index (χ2v) is 5.97. The molecule has 3 nitrogen and oxygen atoms in total. The molecule has 1 fully saturated rings. The highest BCUT2D eigenvalue weighted by Crippen LogP contribution is 2.40. The van der Waals surface area contributed by atoms with Crippen LogP contribution in [0.1, 0.15) is 32.1 Å². The third kappa shape index (κ3) is 3.13. The number of hydrogen-bond donors (Lipinski definition) is 0. The predicted molar refractivity (Wildman–Crippen MR) is 70.8 cm³/mol. The molecule has 1 aromatic carbocycles. The predicted octanol–water partition coefficient (Wildman–Crippen LogP) is 4.67. The third-order valence-corrected chi connectivity index (χ3v) is 4.67. The average molecular weight is 272 g/mol. The Hall–Kier alpha value is -0.740. The molecule has 1 aliphatic carbocycles. The molecule has 0 heterocycles. The topological polar surface area (TPSA) is 43.1 Å². The molecule has 0 amide bonds. The Morgan fingerprint density at radius 2 is 2.00 bits per heavy atom. The normalized spacial score (nSPS) is 17.0. The maximum Gasteiger partial charge on any atom is 0.301 e. The Morgan fingerprint density at radius 1 is 1.29 bits per heavy atom. The van der Waals surface area contributed by atoms with Gasteiger partial charge in [-0.3, -0.25) is 10.1 Å². The number of halogens is 1. The number of nitro benzene ring substituents is 1. The maximum absolute atomic E-state index is 11.0. The Labute approximate surface area is 110 Å². The summed E-state index contributed by atoms with van der Waals surface area (Å²) >= 11 is 7.49. The molecule has 92 valence electrons. The summed E-state index contributed by atoms with van der Waals surface area (Å²) in [6.45, 7) is 0. The van der Waals surface area contributed by atoms with Gasteiger partial charge >= 0.3 is 5.69 Å². The smallest absolute Gasteiger partial charge is 0.258 e. The fourth-order valence-corrected chi connectivity index (χ4v) is 3.81.